The molecule has 0 aromatic rings. The van der Waals surface area contributed by atoms with E-state index in [1.165, 1.54) is 62.6 Å². The average Bonchev–Trinajstić information content (AvgIpc) is 2.55. The lowest BCUT2D eigenvalue weighted by atomic mass is 9.95. The van der Waals surface area contributed by atoms with Gasteiger partial charge in [0, 0.05) is 11.8 Å². The van der Waals surface area contributed by atoms with Crippen molar-refractivity contribution in [2.45, 2.75) is 65.3 Å². The number of hydrogen-bond acceptors (Lipinski definition) is 0. The molecule has 2 fully saturated rings. The zero-order chi connectivity index (χ0) is 11.6. The van der Waals surface area contributed by atoms with Crippen molar-refractivity contribution in [1.29, 1.82) is 0 Å². The first kappa shape index (κ1) is 12.4. The summed E-state index contributed by atoms with van der Waals surface area (Å²) in [6.45, 7) is 11.9. The highest BCUT2D eigenvalue weighted by atomic mass is 15.4. The molecular weight excluding hydrogens is 194 g/mol. The van der Waals surface area contributed by atoms with E-state index in [0.717, 1.165) is 17.9 Å². The van der Waals surface area contributed by atoms with Crippen molar-refractivity contribution in [2.24, 2.45) is 11.8 Å². The van der Waals surface area contributed by atoms with E-state index in [4.69, 9.17) is 0 Å². The molecule has 2 rings (SSSR count). The Kier molecular flexibility index (Phi) is 3.94. The van der Waals surface area contributed by atoms with Crippen LogP contribution in [0.3, 0.4) is 0 Å². The fourth-order valence-corrected chi connectivity index (χ4v) is 4.12. The zero-order valence-corrected chi connectivity index (χ0v) is 11.5. The van der Waals surface area contributed by atoms with Gasteiger partial charge >= 0.3 is 0 Å². The minimum Gasteiger partial charge on any atom is -0.321 e. The Balaban J connectivity index is 2.18. The summed E-state index contributed by atoms with van der Waals surface area (Å²) in [5, 5.41) is 0. The molecule has 2 heterocycles. The van der Waals surface area contributed by atoms with Gasteiger partial charge in [0.15, 0.2) is 0 Å². The van der Waals surface area contributed by atoms with Crippen molar-refractivity contribution < 1.29 is 4.48 Å². The second kappa shape index (κ2) is 5.08. The molecule has 3 unspecified atom stereocenters. The number of quaternary nitrogens is 1. The molecule has 1 spiro atoms. The minimum atomic E-state index is 0.906. The molecule has 0 saturated carbocycles. The Morgan fingerprint density at radius 1 is 0.812 bits per heavy atom. The third kappa shape index (κ3) is 2.45. The Bertz CT molecular complexity index is 215. The lowest BCUT2D eigenvalue weighted by molar-refractivity contribution is -0.953. The molecule has 2 saturated heterocycles. The van der Waals surface area contributed by atoms with Gasteiger partial charge in [-0.15, -0.1) is 0 Å². The van der Waals surface area contributed by atoms with Crippen LogP contribution in [0.1, 0.15) is 59.3 Å². The van der Waals surface area contributed by atoms with E-state index in [2.05, 4.69) is 20.8 Å². The third-order valence-electron chi connectivity index (χ3n) is 5.43. The maximum absolute atomic E-state index is 2.54. The van der Waals surface area contributed by atoms with Crippen molar-refractivity contribution >= 4 is 0 Å². The lowest BCUT2D eigenvalue weighted by Crippen LogP contribution is -2.57. The Hall–Kier alpha value is -0.0400. The van der Waals surface area contributed by atoms with Gasteiger partial charge in [-0.25, -0.2) is 0 Å². The summed E-state index contributed by atoms with van der Waals surface area (Å²) in [4.78, 5) is 0. The summed E-state index contributed by atoms with van der Waals surface area (Å²) >= 11 is 0. The van der Waals surface area contributed by atoms with E-state index < -0.39 is 0 Å². The predicted molar refractivity (Wildman–Crippen MR) is 70.4 cm³/mol. The molecular formula is C15H30N+. The first-order chi connectivity index (χ1) is 7.64. The van der Waals surface area contributed by atoms with E-state index in [9.17, 15) is 0 Å². The van der Waals surface area contributed by atoms with Gasteiger partial charge in [-0.3, -0.25) is 0 Å². The van der Waals surface area contributed by atoms with E-state index >= 15 is 0 Å². The summed E-state index contributed by atoms with van der Waals surface area (Å²) in [7, 11) is 0. The highest BCUT2D eigenvalue weighted by molar-refractivity contribution is 4.72. The molecule has 1 heteroatoms. The van der Waals surface area contributed by atoms with Crippen LogP contribution >= 0.6 is 0 Å². The van der Waals surface area contributed by atoms with Gasteiger partial charge < -0.3 is 4.48 Å². The summed E-state index contributed by atoms with van der Waals surface area (Å²) < 4.78 is 1.46. The molecule has 1 nitrogen and oxygen atoms in total. The monoisotopic (exact) mass is 224 g/mol. The normalized spacial score (nSPS) is 40.3. The zero-order valence-electron chi connectivity index (χ0n) is 11.5. The topological polar surface area (TPSA) is 0 Å². The van der Waals surface area contributed by atoms with Gasteiger partial charge in [0.1, 0.15) is 0 Å². The molecule has 94 valence electrons. The molecule has 0 N–H and O–H groups in total. The van der Waals surface area contributed by atoms with Crippen LogP contribution in [0.15, 0.2) is 0 Å². The second-order valence-electron chi connectivity index (χ2n) is 6.66. The van der Waals surface area contributed by atoms with Gasteiger partial charge in [0.2, 0.25) is 0 Å². The summed E-state index contributed by atoms with van der Waals surface area (Å²) in [6.07, 6.45) is 8.84. The van der Waals surface area contributed by atoms with Gasteiger partial charge in [-0.05, 0) is 45.4 Å². The highest BCUT2D eigenvalue weighted by Crippen LogP contribution is 2.34. The predicted octanol–water partition coefficient (Wildman–Crippen LogP) is 3.83. The van der Waals surface area contributed by atoms with E-state index in [1.807, 2.05) is 0 Å². The number of hydrogen-bond donors (Lipinski definition) is 0. The molecule has 0 amide bonds. The number of nitrogens with zero attached hydrogens (tertiary/aromatic N) is 1. The van der Waals surface area contributed by atoms with Gasteiger partial charge in [-0.2, -0.15) is 0 Å². The van der Waals surface area contributed by atoms with Crippen molar-refractivity contribution in [2.75, 3.05) is 19.6 Å². The standard InChI is InChI=1S/C15H30N/c1-13-8-9-14(2)15(3)16(12-13)10-6-4-5-7-11-16/h13-15H,4-12H2,1-3H3/q+1. The summed E-state index contributed by atoms with van der Waals surface area (Å²) in [5.74, 6) is 1.88. The molecule has 0 aromatic heterocycles. The van der Waals surface area contributed by atoms with Crippen LogP contribution in [-0.2, 0) is 0 Å². The maximum Gasteiger partial charge on any atom is 0.0887 e. The second-order valence-corrected chi connectivity index (χ2v) is 6.66. The van der Waals surface area contributed by atoms with Gasteiger partial charge in [-0.1, -0.05) is 13.8 Å². The SMILES string of the molecule is CC1CCC(C)C(C)[N+]2(CCCCCC2)C1. The molecule has 0 aromatic carbocycles. The van der Waals surface area contributed by atoms with Gasteiger partial charge in [0.25, 0.3) is 0 Å². The lowest BCUT2D eigenvalue weighted by Gasteiger charge is -2.45. The highest BCUT2D eigenvalue weighted by Gasteiger charge is 2.40. The Labute approximate surface area is 102 Å². The quantitative estimate of drug-likeness (QED) is 0.549. The third-order valence-corrected chi connectivity index (χ3v) is 5.43. The Morgan fingerprint density at radius 2 is 1.44 bits per heavy atom. The van der Waals surface area contributed by atoms with Crippen molar-refractivity contribution in [3.63, 3.8) is 0 Å². The Morgan fingerprint density at radius 3 is 2.06 bits per heavy atom. The fourth-order valence-electron chi connectivity index (χ4n) is 4.12. The van der Waals surface area contributed by atoms with E-state index in [1.54, 1.807) is 0 Å². The van der Waals surface area contributed by atoms with Crippen LogP contribution in [-0.4, -0.2) is 30.2 Å². The van der Waals surface area contributed by atoms with Crippen LogP contribution in [0.4, 0.5) is 0 Å². The van der Waals surface area contributed by atoms with Crippen LogP contribution in [0.25, 0.3) is 0 Å². The molecule has 0 aliphatic carbocycles. The first-order valence-corrected chi connectivity index (χ1v) is 7.50. The van der Waals surface area contributed by atoms with Crippen LogP contribution in [0.5, 0.6) is 0 Å². The van der Waals surface area contributed by atoms with E-state index in [-0.39, 0.29) is 0 Å². The summed E-state index contributed by atoms with van der Waals surface area (Å²) in [6, 6.07) is 0.906. The fraction of sp³-hybridized carbons (Fsp3) is 1.00. The smallest absolute Gasteiger partial charge is 0.0887 e. The molecule has 0 bridgehead atoms. The molecule has 2 aliphatic heterocycles. The van der Waals surface area contributed by atoms with Gasteiger partial charge in [0.05, 0.1) is 25.7 Å². The number of rotatable bonds is 0. The minimum absolute atomic E-state index is 0.906. The van der Waals surface area contributed by atoms with Crippen molar-refractivity contribution in [3.8, 4) is 0 Å². The van der Waals surface area contributed by atoms with E-state index in [0.29, 0.717) is 0 Å². The van der Waals surface area contributed by atoms with Crippen LogP contribution in [0, 0.1) is 11.8 Å². The maximum atomic E-state index is 2.54. The van der Waals surface area contributed by atoms with Crippen LogP contribution in [0.2, 0.25) is 0 Å². The van der Waals surface area contributed by atoms with Crippen molar-refractivity contribution in [3.05, 3.63) is 0 Å². The van der Waals surface area contributed by atoms with Crippen LogP contribution < -0.4 is 0 Å². The molecule has 2 aliphatic rings. The molecule has 3 atom stereocenters. The largest absolute Gasteiger partial charge is 0.321 e. The molecule has 0 radical (unpaired) electrons. The summed E-state index contributed by atoms with van der Waals surface area (Å²) in [5.41, 5.74) is 0. The van der Waals surface area contributed by atoms with Crippen molar-refractivity contribution in [1.82, 2.24) is 0 Å². The average molecular weight is 224 g/mol. The first-order valence-electron chi connectivity index (χ1n) is 7.50. The molecule has 16 heavy (non-hydrogen) atoms.